The molecule has 8 heteroatoms. The van der Waals surface area contributed by atoms with Gasteiger partial charge in [-0.05, 0) is 98.8 Å². The first-order valence-corrected chi connectivity index (χ1v) is 14.9. The summed E-state index contributed by atoms with van der Waals surface area (Å²) in [7, 11) is 0. The van der Waals surface area contributed by atoms with Crippen LogP contribution in [0.2, 0.25) is 0 Å². The van der Waals surface area contributed by atoms with Crippen molar-refractivity contribution in [1.82, 2.24) is 0 Å². The molecule has 1 atom stereocenters. The third-order valence-electron chi connectivity index (χ3n) is 7.64. The second-order valence-electron chi connectivity index (χ2n) is 10.7. The summed E-state index contributed by atoms with van der Waals surface area (Å²) in [4.78, 5) is 42.3. The number of benzene rings is 3. The second-order valence-corrected chi connectivity index (χ2v) is 10.7. The van der Waals surface area contributed by atoms with E-state index in [9.17, 15) is 14.4 Å². The maximum absolute atomic E-state index is 14.1. The first-order valence-electron chi connectivity index (χ1n) is 14.9. The fraction of sp³-hybridized carbons (Fsp3) is 0.343. The molecule has 0 saturated carbocycles. The molecule has 0 spiro atoms. The number of aryl methyl sites for hydroxylation is 2. The molecule has 43 heavy (non-hydrogen) atoms. The third-order valence-corrected chi connectivity index (χ3v) is 7.64. The van der Waals surface area contributed by atoms with E-state index in [2.05, 4.69) is 0 Å². The zero-order valence-corrected chi connectivity index (χ0v) is 25.3. The molecule has 0 saturated heterocycles. The number of nitrogens with zero attached hydrogens (tertiary/aromatic N) is 1. The molecule has 1 aliphatic rings. The van der Waals surface area contributed by atoms with E-state index in [0.717, 1.165) is 30.4 Å². The molecule has 1 unspecified atom stereocenters. The van der Waals surface area contributed by atoms with E-state index in [4.69, 9.17) is 18.6 Å². The second kappa shape index (κ2) is 12.7. The topological polar surface area (TPSA) is 95.3 Å². The Morgan fingerprint density at radius 3 is 2.30 bits per heavy atom. The molecule has 3 aromatic carbocycles. The molecule has 0 bridgehead atoms. The summed E-state index contributed by atoms with van der Waals surface area (Å²) < 4.78 is 23.4. The molecule has 0 radical (unpaired) electrons. The van der Waals surface area contributed by atoms with Crippen LogP contribution in [0, 0.1) is 13.8 Å². The van der Waals surface area contributed by atoms with Crippen molar-refractivity contribution in [3.63, 3.8) is 0 Å². The van der Waals surface area contributed by atoms with Crippen molar-refractivity contribution < 1.29 is 28.2 Å². The summed E-state index contributed by atoms with van der Waals surface area (Å²) in [5.41, 5.74) is 3.82. The molecule has 4 aromatic rings. The number of carbonyl (C=O) groups is 2. The Morgan fingerprint density at radius 2 is 1.60 bits per heavy atom. The highest BCUT2D eigenvalue weighted by Crippen LogP contribution is 2.43. The first-order chi connectivity index (χ1) is 20.8. The van der Waals surface area contributed by atoms with Crippen LogP contribution in [0.1, 0.15) is 89.2 Å². The van der Waals surface area contributed by atoms with Gasteiger partial charge >= 0.3 is 5.97 Å². The van der Waals surface area contributed by atoms with Gasteiger partial charge in [0.25, 0.3) is 5.91 Å². The van der Waals surface area contributed by atoms with E-state index in [0.29, 0.717) is 59.1 Å². The number of carbonyl (C=O) groups excluding carboxylic acids is 2. The Bertz CT molecular complexity index is 1720. The van der Waals surface area contributed by atoms with Gasteiger partial charge in [0.05, 0.1) is 42.4 Å². The Kier molecular flexibility index (Phi) is 8.85. The van der Waals surface area contributed by atoms with Crippen molar-refractivity contribution in [3.8, 4) is 11.5 Å². The van der Waals surface area contributed by atoms with Crippen LogP contribution >= 0.6 is 0 Å². The zero-order chi connectivity index (χ0) is 30.7. The number of hydrogen-bond acceptors (Lipinski definition) is 7. The Morgan fingerprint density at radius 1 is 0.860 bits per heavy atom. The van der Waals surface area contributed by atoms with Crippen molar-refractivity contribution >= 4 is 28.5 Å². The molecule has 5 rings (SSSR count). The lowest BCUT2D eigenvalue weighted by atomic mass is 9.96. The monoisotopic (exact) mass is 583 g/mol. The van der Waals surface area contributed by atoms with Crippen LogP contribution in [0.5, 0.6) is 11.5 Å². The molecule has 1 amide bonds. The van der Waals surface area contributed by atoms with Gasteiger partial charge in [-0.1, -0.05) is 26.3 Å². The standard InChI is InChI=1S/C35H37NO7/c1-6-9-17-42-35(39)23-10-13-25(14-11-23)36-31(24-12-15-27(41-16-7-2)29(20-24)40-8-3)30-32(37)26-18-21(4)22(5)19-28(26)43-33(30)34(36)38/h10-15,18-20,31H,6-9,16-17H2,1-5H3. The summed E-state index contributed by atoms with van der Waals surface area (Å²) in [6, 6.07) is 14.9. The molecule has 0 aliphatic carbocycles. The number of hydrogen-bond donors (Lipinski definition) is 0. The van der Waals surface area contributed by atoms with E-state index in [-0.39, 0.29) is 16.8 Å². The SMILES string of the molecule is CCCCOC(=O)c1ccc(N2C(=O)c3oc4cc(C)c(C)cc4c(=O)c3C2c2ccc(OCCC)c(OCC)c2)cc1. The van der Waals surface area contributed by atoms with Crippen LogP contribution in [-0.2, 0) is 4.74 Å². The van der Waals surface area contributed by atoms with Gasteiger partial charge in [-0.25, -0.2) is 4.79 Å². The van der Waals surface area contributed by atoms with Gasteiger partial charge in [0.2, 0.25) is 5.76 Å². The average Bonchev–Trinajstić information content (AvgIpc) is 3.30. The summed E-state index contributed by atoms with van der Waals surface area (Å²) >= 11 is 0. The number of esters is 1. The molecule has 8 nitrogen and oxygen atoms in total. The molecule has 0 N–H and O–H groups in total. The van der Waals surface area contributed by atoms with Crippen LogP contribution in [0.25, 0.3) is 11.0 Å². The van der Waals surface area contributed by atoms with E-state index in [1.807, 2.05) is 58.9 Å². The van der Waals surface area contributed by atoms with Crippen LogP contribution in [0.3, 0.4) is 0 Å². The van der Waals surface area contributed by atoms with Crippen LogP contribution in [0.4, 0.5) is 5.69 Å². The summed E-state index contributed by atoms with van der Waals surface area (Å²) in [5, 5.41) is 0.416. The molecule has 2 heterocycles. The summed E-state index contributed by atoms with van der Waals surface area (Å²) in [5.74, 6) is 0.241. The number of anilines is 1. The maximum Gasteiger partial charge on any atom is 0.338 e. The minimum atomic E-state index is -0.799. The Labute approximate surface area is 251 Å². The molecule has 224 valence electrons. The number of unbranched alkanes of at least 4 members (excludes halogenated alkanes) is 1. The highest BCUT2D eigenvalue weighted by atomic mass is 16.5. The van der Waals surface area contributed by atoms with Gasteiger partial charge in [0.1, 0.15) is 5.58 Å². The fourth-order valence-electron chi connectivity index (χ4n) is 5.25. The maximum atomic E-state index is 14.1. The van der Waals surface area contributed by atoms with Gasteiger partial charge in [0, 0.05) is 5.69 Å². The van der Waals surface area contributed by atoms with E-state index in [1.165, 1.54) is 4.90 Å². The normalized spacial score (nSPS) is 14.2. The number of amides is 1. The minimum Gasteiger partial charge on any atom is -0.490 e. The van der Waals surface area contributed by atoms with Crippen LogP contribution < -0.4 is 19.8 Å². The van der Waals surface area contributed by atoms with Crippen molar-refractivity contribution in [2.24, 2.45) is 0 Å². The highest BCUT2D eigenvalue weighted by Gasteiger charge is 2.44. The van der Waals surface area contributed by atoms with Gasteiger partial charge < -0.3 is 18.6 Å². The lowest BCUT2D eigenvalue weighted by Gasteiger charge is -2.26. The van der Waals surface area contributed by atoms with Crippen molar-refractivity contribution in [3.05, 3.63) is 98.4 Å². The first kappa shape index (κ1) is 29.9. The molecule has 1 aromatic heterocycles. The predicted molar refractivity (Wildman–Crippen MR) is 166 cm³/mol. The highest BCUT2D eigenvalue weighted by molar-refractivity contribution is 6.11. The molecule has 1 aliphatic heterocycles. The van der Waals surface area contributed by atoms with Crippen molar-refractivity contribution in [2.75, 3.05) is 24.7 Å². The van der Waals surface area contributed by atoms with Gasteiger partial charge in [-0.2, -0.15) is 0 Å². The van der Waals surface area contributed by atoms with Crippen LogP contribution in [0.15, 0.2) is 63.8 Å². The number of ether oxygens (including phenoxy) is 3. The summed E-state index contributed by atoms with van der Waals surface area (Å²) in [6.45, 7) is 11.1. The third kappa shape index (κ3) is 5.74. The Hall–Kier alpha value is -4.59. The fourth-order valence-corrected chi connectivity index (χ4v) is 5.25. The van der Waals surface area contributed by atoms with Gasteiger partial charge in [-0.15, -0.1) is 0 Å². The number of rotatable bonds is 11. The van der Waals surface area contributed by atoms with E-state index in [1.54, 1.807) is 30.3 Å². The minimum absolute atomic E-state index is 0.00178. The van der Waals surface area contributed by atoms with E-state index >= 15 is 0 Å². The van der Waals surface area contributed by atoms with Gasteiger partial charge in [-0.3, -0.25) is 14.5 Å². The Balaban J connectivity index is 1.66. The lowest BCUT2D eigenvalue weighted by Crippen LogP contribution is -2.29. The lowest BCUT2D eigenvalue weighted by molar-refractivity contribution is 0.0499. The quantitative estimate of drug-likeness (QED) is 0.135. The molecular weight excluding hydrogens is 546 g/mol. The average molecular weight is 584 g/mol. The van der Waals surface area contributed by atoms with Crippen molar-refractivity contribution in [2.45, 2.75) is 59.9 Å². The van der Waals surface area contributed by atoms with E-state index < -0.39 is 17.9 Å². The van der Waals surface area contributed by atoms with Gasteiger partial charge in [0.15, 0.2) is 16.9 Å². The molecule has 0 fully saturated rings. The molecular formula is C35H37NO7. The van der Waals surface area contributed by atoms with Crippen LogP contribution in [-0.4, -0.2) is 31.7 Å². The summed E-state index contributed by atoms with van der Waals surface area (Å²) in [6.07, 6.45) is 2.54. The number of fused-ring (bicyclic) bond motifs is 2. The largest absolute Gasteiger partial charge is 0.490 e. The van der Waals surface area contributed by atoms with Crippen molar-refractivity contribution in [1.29, 1.82) is 0 Å². The zero-order valence-electron chi connectivity index (χ0n) is 25.3. The predicted octanol–water partition coefficient (Wildman–Crippen LogP) is 7.30. The smallest absolute Gasteiger partial charge is 0.338 e.